The number of carbonyl (C=O) groups is 3. The lowest BCUT2D eigenvalue weighted by atomic mass is 10.1. The van der Waals surface area contributed by atoms with E-state index in [0.717, 1.165) is 28.8 Å². The summed E-state index contributed by atoms with van der Waals surface area (Å²) in [6.45, 7) is 1.89. The Hall–Kier alpha value is -3.29. The van der Waals surface area contributed by atoms with Crippen LogP contribution in [0.15, 0.2) is 35.5 Å². The van der Waals surface area contributed by atoms with Crippen molar-refractivity contribution in [3.63, 3.8) is 0 Å². The minimum absolute atomic E-state index is 0.0294. The second-order valence-corrected chi connectivity index (χ2v) is 8.39. The summed E-state index contributed by atoms with van der Waals surface area (Å²) < 4.78 is 16.3. The quantitative estimate of drug-likeness (QED) is 0.256. The molecule has 13 heteroatoms. The van der Waals surface area contributed by atoms with Crippen molar-refractivity contribution in [2.75, 3.05) is 38.5 Å². The lowest BCUT2D eigenvalue weighted by molar-refractivity contribution is -0.113. The fourth-order valence-electron chi connectivity index (χ4n) is 2.72. The molecule has 0 aliphatic carbocycles. The largest absolute Gasteiger partial charge is 0.465 e. The van der Waals surface area contributed by atoms with Crippen molar-refractivity contribution in [2.24, 2.45) is 0 Å². The molecule has 0 fully saturated rings. The second kappa shape index (κ2) is 11.5. The van der Waals surface area contributed by atoms with Crippen LogP contribution in [0.2, 0.25) is 0 Å². The summed E-state index contributed by atoms with van der Waals surface area (Å²) in [5.41, 5.74) is 1.22. The van der Waals surface area contributed by atoms with Gasteiger partial charge in [0.1, 0.15) is 16.5 Å². The zero-order chi connectivity index (χ0) is 23.8. The summed E-state index contributed by atoms with van der Waals surface area (Å²) in [6.07, 6.45) is 0. The molecule has 0 aliphatic rings. The number of ether oxygens (including phenoxy) is 3. The van der Waals surface area contributed by atoms with Crippen LogP contribution in [-0.4, -0.2) is 71.2 Å². The number of tetrazole rings is 1. The normalized spacial score (nSPS) is 10.6. The molecule has 1 N–H and O–H groups in total. The van der Waals surface area contributed by atoms with E-state index in [1.807, 2.05) is 30.3 Å². The van der Waals surface area contributed by atoms with Crippen LogP contribution in [0, 0.1) is 6.92 Å². The fourth-order valence-corrected chi connectivity index (χ4v) is 4.52. The minimum Gasteiger partial charge on any atom is -0.465 e. The summed E-state index contributed by atoms with van der Waals surface area (Å²) in [5, 5.41) is 14.9. The molecule has 0 radical (unpaired) electrons. The van der Waals surface area contributed by atoms with Gasteiger partial charge in [-0.15, -0.1) is 16.4 Å². The Bertz CT molecular complexity index is 1130. The second-order valence-electron chi connectivity index (χ2n) is 6.43. The first-order valence-electron chi connectivity index (χ1n) is 9.60. The molecule has 1 aromatic carbocycles. The van der Waals surface area contributed by atoms with Gasteiger partial charge in [0, 0.05) is 7.11 Å². The number of methoxy groups -OCH3 is 2. The van der Waals surface area contributed by atoms with Crippen molar-refractivity contribution < 1.29 is 28.6 Å². The van der Waals surface area contributed by atoms with Crippen LogP contribution in [0.5, 0.6) is 0 Å². The first-order chi connectivity index (χ1) is 16.0. The van der Waals surface area contributed by atoms with E-state index in [0.29, 0.717) is 10.7 Å². The van der Waals surface area contributed by atoms with Crippen LogP contribution in [0.25, 0.3) is 5.69 Å². The van der Waals surface area contributed by atoms with Crippen LogP contribution in [0.1, 0.15) is 25.6 Å². The van der Waals surface area contributed by atoms with Gasteiger partial charge in [-0.05, 0) is 35.0 Å². The summed E-state index contributed by atoms with van der Waals surface area (Å²) in [7, 11) is 2.71. The van der Waals surface area contributed by atoms with Crippen molar-refractivity contribution in [3.8, 4) is 5.69 Å². The van der Waals surface area contributed by atoms with Gasteiger partial charge in [0.25, 0.3) is 0 Å². The number of thiophene rings is 1. The third kappa shape index (κ3) is 5.94. The van der Waals surface area contributed by atoms with Gasteiger partial charge in [0.2, 0.25) is 11.1 Å². The van der Waals surface area contributed by atoms with E-state index in [2.05, 4.69) is 20.8 Å². The number of para-hydroxylation sites is 1. The number of nitrogens with one attached hydrogen (secondary N) is 1. The SMILES string of the molecule is COCCOC(=O)c1sc(NC(=O)CSc2nnnn2-c2ccccc2)c(C(=O)OC)c1C. The summed E-state index contributed by atoms with van der Waals surface area (Å²) in [5.74, 6) is -1.72. The van der Waals surface area contributed by atoms with Crippen molar-refractivity contribution in [1.82, 2.24) is 20.2 Å². The predicted molar refractivity (Wildman–Crippen MR) is 121 cm³/mol. The highest BCUT2D eigenvalue weighted by atomic mass is 32.2. The maximum atomic E-state index is 12.6. The molecule has 2 heterocycles. The average molecular weight is 492 g/mol. The van der Waals surface area contributed by atoms with Gasteiger partial charge < -0.3 is 19.5 Å². The third-order valence-corrected chi connectivity index (χ3v) is 6.38. The summed E-state index contributed by atoms with van der Waals surface area (Å²) in [6, 6.07) is 9.25. The average Bonchev–Trinajstić information content (AvgIpc) is 3.42. The number of esters is 2. The molecule has 3 rings (SSSR count). The molecule has 0 spiro atoms. The number of aromatic nitrogens is 4. The number of nitrogens with zero attached hydrogens (tertiary/aromatic N) is 4. The van der Waals surface area contributed by atoms with Gasteiger partial charge in [0.05, 0.1) is 30.7 Å². The number of hydrogen-bond acceptors (Lipinski definition) is 11. The third-order valence-electron chi connectivity index (χ3n) is 4.27. The molecule has 11 nitrogen and oxygen atoms in total. The van der Waals surface area contributed by atoms with E-state index in [9.17, 15) is 14.4 Å². The summed E-state index contributed by atoms with van der Waals surface area (Å²) in [4.78, 5) is 37.5. The molecule has 0 bridgehead atoms. The van der Waals surface area contributed by atoms with Gasteiger partial charge in [-0.25, -0.2) is 9.59 Å². The van der Waals surface area contributed by atoms with Crippen LogP contribution in [-0.2, 0) is 19.0 Å². The van der Waals surface area contributed by atoms with Gasteiger partial charge in [-0.2, -0.15) is 4.68 Å². The highest BCUT2D eigenvalue weighted by Crippen LogP contribution is 2.34. The molecule has 1 amide bonds. The van der Waals surface area contributed by atoms with E-state index in [-0.39, 0.29) is 34.4 Å². The topological polar surface area (TPSA) is 135 Å². The summed E-state index contributed by atoms with van der Waals surface area (Å²) >= 11 is 2.07. The number of amides is 1. The number of hydrogen-bond donors (Lipinski definition) is 1. The van der Waals surface area contributed by atoms with E-state index in [1.54, 1.807) is 6.92 Å². The van der Waals surface area contributed by atoms with Gasteiger partial charge in [-0.3, -0.25) is 4.79 Å². The lowest BCUT2D eigenvalue weighted by Crippen LogP contribution is -2.16. The standard InChI is InChI=1S/C20H21N5O6S2/c1-12-15(18(27)30-3)17(33-16(12)19(28)31-10-9-29-2)21-14(26)11-32-20-22-23-24-25(20)13-7-5-4-6-8-13/h4-8H,9-11H2,1-3H3,(H,21,26). The van der Waals surface area contributed by atoms with Gasteiger partial charge in [0.15, 0.2) is 0 Å². The number of rotatable bonds is 10. The molecule has 174 valence electrons. The van der Waals surface area contributed by atoms with Gasteiger partial charge >= 0.3 is 11.9 Å². The number of carbonyl (C=O) groups excluding carboxylic acids is 3. The van der Waals surface area contributed by atoms with Crippen molar-refractivity contribution in [3.05, 3.63) is 46.3 Å². The number of thioether (sulfide) groups is 1. The Morgan fingerprint density at radius 3 is 2.58 bits per heavy atom. The molecule has 3 aromatic rings. The number of anilines is 1. The molecular weight excluding hydrogens is 470 g/mol. The van der Waals surface area contributed by atoms with Crippen molar-refractivity contribution >= 4 is 45.9 Å². The molecule has 0 unspecified atom stereocenters. The first kappa shape index (κ1) is 24.4. The predicted octanol–water partition coefficient (Wildman–Crippen LogP) is 2.35. The number of benzene rings is 1. The first-order valence-corrected chi connectivity index (χ1v) is 11.4. The van der Waals surface area contributed by atoms with Crippen LogP contribution in [0.3, 0.4) is 0 Å². The monoisotopic (exact) mass is 491 g/mol. The molecule has 0 saturated heterocycles. The Kier molecular flexibility index (Phi) is 8.52. The molecular formula is C20H21N5O6S2. The van der Waals surface area contributed by atoms with E-state index < -0.39 is 17.8 Å². The Morgan fingerprint density at radius 2 is 1.88 bits per heavy atom. The Labute approximate surface area is 197 Å². The Morgan fingerprint density at radius 1 is 1.12 bits per heavy atom. The molecule has 33 heavy (non-hydrogen) atoms. The van der Waals surface area contributed by atoms with Crippen molar-refractivity contribution in [2.45, 2.75) is 12.1 Å². The lowest BCUT2D eigenvalue weighted by Gasteiger charge is -2.06. The highest BCUT2D eigenvalue weighted by molar-refractivity contribution is 7.99. The zero-order valence-corrected chi connectivity index (χ0v) is 19.7. The molecule has 2 aromatic heterocycles. The van der Waals surface area contributed by atoms with Crippen molar-refractivity contribution in [1.29, 1.82) is 0 Å². The van der Waals surface area contributed by atoms with E-state index in [4.69, 9.17) is 14.2 Å². The van der Waals surface area contributed by atoms with E-state index in [1.165, 1.54) is 18.9 Å². The van der Waals surface area contributed by atoms with Crippen LogP contribution >= 0.6 is 23.1 Å². The maximum absolute atomic E-state index is 12.6. The molecule has 0 saturated carbocycles. The van der Waals surface area contributed by atoms with E-state index >= 15 is 0 Å². The highest BCUT2D eigenvalue weighted by Gasteiger charge is 2.27. The Balaban J connectivity index is 1.73. The maximum Gasteiger partial charge on any atom is 0.348 e. The van der Waals surface area contributed by atoms with Crippen LogP contribution in [0.4, 0.5) is 5.00 Å². The zero-order valence-electron chi connectivity index (χ0n) is 18.1. The fraction of sp³-hybridized carbons (Fsp3) is 0.300. The van der Waals surface area contributed by atoms with Gasteiger partial charge in [-0.1, -0.05) is 30.0 Å². The van der Waals surface area contributed by atoms with Crippen LogP contribution < -0.4 is 5.32 Å². The minimum atomic E-state index is -0.671. The smallest absolute Gasteiger partial charge is 0.348 e. The molecule has 0 aliphatic heterocycles. The molecule has 0 atom stereocenters.